The van der Waals surface area contributed by atoms with Crippen LogP contribution in [-0.4, -0.2) is 31.2 Å². The largest absolute Gasteiger partial charge is 0.493 e. The Morgan fingerprint density at radius 3 is 2.76 bits per heavy atom. The van der Waals surface area contributed by atoms with Crippen molar-refractivity contribution >= 4 is 5.71 Å². The molecule has 1 aromatic carbocycles. The van der Waals surface area contributed by atoms with Crippen LogP contribution in [0.5, 0.6) is 5.75 Å². The topological polar surface area (TPSA) is 51.0 Å². The molecule has 0 fully saturated rings. The minimum Gasteiger partial charge on any atom is -0.493 e. The summed E-state index contributed by atoms with van der Waals surface area (Å²) in [5.74, 6) is 0.747. The van der Waals surface area contributed by atoms with Gasteiger partial charge in [-0.1, -0.05) is 11.2 Å². The lowest BCUT2D eigenvalue weighted by Crippen LogP contribution is -2.06. The molecule has 17 heavy (non-hydrogen) atoms. The van der Waals surface area contributed by atoms with E-state index in [-0.39, 0.29) is 0 Å². The van der Waals surface area contributed by atoms with Crippen molar-refractivity contribution in [2.75, 3.05) is 20.3 Å². The molecule has 0 aromatic heterocycles. The second-order valence-electron chi connectivity index (χ2n) is 3.88. The van der Waals surface area contributed by atoms with Crippen LogP contribution >= 0.6 is 0 Å². The van der Waals surface area contributed by atoms with Crippen LogP contribution in [-0.2, 0) is 4.74 Å². The number of aryl methyl sites for hydroxylation is 1. The molecule has 0 aliphatic rings. The smallest absolute Gasteiger partial charge is 0.128 e. The van der Waals surface area contributed by atoms with Gasteiger partial charge < -0.3 is 14.7 Å². The van der Waals surface area contributed by atoms with Crippen LogP contribution in [0.25, 0.3) is 0 Å². The first kappa shape index (κ1) is 13.5. The SMILES string of the molecule is COCCCOc1cc(C)ccc1C(C)=NO. The lowest BCUT2D eigenvalue weighted by Gasteiger charge is -2.11. The first-order valence-corrected chi connectivity index (χ1v) is 5.60. The Kier molecular flexibility index (Phi) is 5.49. The first-order chi connectivity index (χ1) is 8.19. The molecule has 94 valence electrons. The summed E-state index contributed by atoms with van der Waals surface area (Å²) in [5.41, 5.74) is 2.48. The molecule has 0 bridgehead atoms. The van der Waals surface area contributed by atoms with Crippen molar-refractivity contribution in [2.45, 2.75) is 20.3 Å². The third kappa shape index (κ3) is 4.07. The monoisotopic (exact) mass is 237 g/mol. The van der Waals surface area contributed by atoms with Gasteiger partial charge in [-0.25, -0.2) is 0 Å². The van der Waals surface area contributed by atoms with Gasteiger partial charge in [0.15, 0.2) is 0 Å². The third-order valence-corrected chi connectivity index (χ3v) is 2.43. The average Bonchev–Trinajstić information content (AvgIpc) is 2.34. The summed E-state index contributed by atoms with van der Waals surface area (Å²) in [6.07, 6.45) is 0.833. The number of ether oxygens (including phenoxy) is 2. The van der Waals surface area contributed by atoms with E-state index in [0.29, 0.717) is 18.9 Å². The summed E-state index contributed by atoms with van der Waals surface area (Å²) in [6.45, 7) is 5.00. The molecule has 0 saturated carbocycles. The number of methoxy groups -OCH3 is 1. The molecule has 1 rings (SSSR count). The minimum absolute atomic E-state index is 0.548. The van der Waals surface area contributed by atoms with E-state index in [4.69, 9.17) is 14.7 Å². The van der Waals surface area contributed by atoms with Gasteiger partial charge in [-0.15, -0.1) is 0 Å². The molecule has 0 unspecified atom stereocenters. The molecule has 4 nitrogen and oxygen atoms in total. The molecule has 0 aliphatic carbocycles. The standard InChI is InChI=1S/C13H19NO3/c1-10-5-6-12(11(2)14-15)13(9-10)17-8-4-7-16-3/h5-6,9,15H,4,7-8H2,1-3H3. The van der Waals surface area contributed by atoms with Gasteiger partial charge in [-0.2, -0.15) is 0 Å². The second-order valence-corrected chi connectivity index (χ2v) is 3.88. The molecule has 1 aromatic rings. The summed E-state index contributed by atoms with van der Waals surface area (Å²) in [6, 6.07) is 5.80. The Bertz CT molecular complexity index is 388. The van der Waals surface area contributed by atoms with Gasteiger partial charge in [0.05, 0.1) is 12.3 Å². The third-order valence-electron chi connectivity index (χ3n) is 2.43. The van der Waals surface area contributed by atoms with Crippen LogP contribution in [0.3, 0.4) is 0 Å². The summed E-state index contributed by atoms with van der Waals surface area (Å²) in [5, 5.41) is 12.0. The summed E-state index contributed by atoms with van der Waals surface area (Å²) in [4.78, 5) is 0. The second kappa shape index (κ2) is 6.91. The zero-order chi connectivity index (χ0) is 12.7. The van der Waals surface area contributed by atoms with Crippen molar-refractivity contribution in [3.05, 3.63) is 29.3 Å². The van der Waals surface area contributed by atoms with Crippen LogP contribution in [0.15, 0.2) is 23.4 Å². The number of nitrogens with zero attached hydrogens (tertiary/aromatic N) is 1. The molecule has 0 heterocycles. The van der Waals surface area contributed by atoms with Crippen molar-refractivity contribution < 1.29 is 14.7 Å². The fraction of sp³-hybridized carbons (Fsp3) is 0.462. The average molecular weight is 237 g/mol. The Morgan fingerprint density at radius 1 is 1.35 bits per heavy atom. The Hall–Kier alpha value is -1.55. The number of hydrogen-bond donors (Lipinski definition) is 1. The van der Waals surface area contributed by atoms with E-state index in [1.54, 1.807) is 14.0 Å². The predicted molar refractivity (Wildman–Crippen MR) is 67.2 cm³/mol. The Morgan fingerprint density at radius 2 is 2.12 bits per heavy atom. The molecule has 4 heteroatoms. The highest BCUT2D eigenvalue weighted by Crippen LogP contribution is 2.21. The fourth-order valence-corrected chi connectivity index (χ4v) is 1.49. The highest BCUT2D eigenvalue weighted by atomic mass is 16.5. The first-order valence-electron chi connectivity index (χ1n) is 5.60. The van der Waals surface area contributed by atoms with Crippen LogP contribution in [0, 0.1) is 6.92 Å². The van der Waals surface area contributed by atoms with Gasteiger partial charge in [-0.05, 0) is 31.5 Å². The normalized spacial score (nSPS) is 11.6. The van der Waals surface area contributed by atoms with Crippen molar-refractivity contribution in [2.24, 2.45) is 5.16 Å². The van der Waals surface area contributed by atoms with Gasteiger partial charge in [0, 0.05) is 25.7 Å². The van der Waals surface area contributed by atoms with Gasteiger partial charge >= 0.3 is 0 Å². The van der Waals surface area contributed by atoms with Crippen molar-refractivity contribution in [3.8, 4) is 5.75 Å². The van der Waals surface area contributed by atoms with E-state index in [9.17, 15) is 0 Å². The summed E-state index contributed by atoms with van der Waals surface area (Å²) < 4.78 is 10.6. The number of hydrogen-bond acceptors (Lipinski definition) is 4. The van der Waals surface area contributed by atoms with Crippen LogP contribution in [0.4, 0.5) is 0 Å². The van der Waals surface area contributed by atoms with E-state index in [2.05, 4.69) is 5.16 Å². The summed E-state index contributed by atoms with van der Waals surface area (Å²) in [7, 11) is 1.67. The molecule has 0 amide bonds. The highest BCUT2D eigenvalue weighted by molar-refractivity contribution is 6.00. The molecule has 0 saturated heterocycles. The molecule has 0 aliphatic heterocycles. The van der Waals surface area contributed by atoms with E-state index in [0.717, 1.165) is 23.3 Å². The van der Waals surface area contributed by atoms with E-state index in [1.165, 1.54) is 0 Å². The minimum atomic E-state index is 0.548. The zero-order valence-electron chi connectivity index (χ0n) is 10.6. The van der Waals surface area contributed by atoms with Crippen LogP contribution in [0.2, 0.25) is 0 Å². The quantitative estimate of drug-likeness (QED) is 0.358. The Balaban J connectivity index is 2.77. The van der Waals surface area contributed by atoms with Gasteiger partial charge in [-0.3, -0.25) is 0 Å². The molecule has 1 N–H and O–H groups in total. The van der Waals surface area contributed by atoms with Crippen molar-refractivity contribution in [1.82, 2.24) is 0 Å². The molecule has 0 spiro atoms. The molecular weight excluding hydrogens is 218 g/mol. The van der Waals surface area contributed by atoms with Gasteiger partial charge in [0.1, 0.15) is 5.75 Å². The fourth-order valence-electron chi connectivity index (χ4n) is 1.49. The predicted octanol–water partition coefficient (Wildman–Crippen LogP) is 2.61. The number of rotatable bonds is 6. The maximum absolute atomic E-state index is 8.80. The molecular formula is C13H19NO3. The lowest BCUT2D eigenvalue weighted by molar-refractivity contribution is 0.172. The molecule has 0 atom stereocenters. The Labute approximate surface area is 102 Å². The molecule has 0 radical (unpaired) electrons. The highest BCUT2D eigenvalue weighted by Gasteiger charge is 2.07. The van der Waals surface area contributed by atoms with Gasteiger partial charge in [0.25, 0.3) is 0 Å². The maximum Gasteiger partial charge on any atom is 0.128 e. The summed E-state index contributed by atoms with van der Waals surface area (Å²) >= 11 is 0. The van der Waals surface area contributed by atoms with Crippen molar-refractivity contribution in [1.29, 1.82) is 0 Å². The van der Waals surface area contributed by atoms with Crippen molar-refractivity contribution in [3.63, 3.8) is 0 Å². The van der Waals surface area contributed by atoms with E-state index in [1.807, 2.05) is 25.1 Å². The number of benzene rings is 1. The lowest BCUT2D eigenvalue weighted by atomic mass is 10.1. The van der Waals surface area contributed by atoms with E-state index < -0.39 is 0 Å². The van der Waals surface area contributed by atoms with E-state index >= 15 is 0 Å². The number of oxime groups is 1. The van der Waals surface area contributed by atoms with Crippen LogP contribution in [0.1, 0.15) is 24.5 Å². The van der Waals surface area contributed by atoms with Crippen LogP contribution < -0.4 is 4.74 Å². The zero-order valence-corrected chi connectivity index (χ0v) is 10.6. The van der Waals surface area contributed by atoms with Gasteiger partial charge in [0.2, 0.25) is 0 Å². The maximum atomic E-state index is 8.80.